The smallest absolute Gasteiger partial charge is 0.170 e. The lowest BCUT2D eigenvalue weighted by molar-refractivity contribution is 0.275. The summed E-state index contributed by atoms with van der Waals surface area (Å²) >= 11 is 5.58. The van der Waals surface area contributed by atoms with Crippen LogP contribution in [0, 0.1) is 5.82 Å². The van der Waals surface area contributed by atoms with Gasteiger partial charge in [-0.3, -0.25) is 4.98 Å². The lowest BCUT2D eigenvalue weighted by Crippen LogP contribution is -2.30. The van der Waals surface area contributed by atoms with E-state index in [1.165, 1.54) is 12.1 Å². The largest absolute Gasteiger partial charge is 0.459 e. The first-order valence-electron chi connectivity index (χ1n) is 9.01. The predicted molar refractivity (Wildman–Crippen MR) is 107 cm³/mol. The van der Waals surface area contributed by atoms with Crippen molar-refractivity contribution in [3.8, 4) is 11.3 Å². The van der Waals surface area contributed by atoms with Crippen LogP contribution in [0.3, 0.4) is 0 Å². The summed E-state index contributed by atoms with van der Waals surface area (Å²) in [5.74, 6) is 1.25. The zero-order valence-electron chi connectivity index (χ0n) is 14.9. The maximum atomic E-state index is 13.2. The molecule has 1 fully saturated rings. The maximum Gasteiger partial charge on any atom is 0.170 e. The highest BCUT2D eigenvalue weighted by Gasteiger charge is 2.41. The first-order valence-corrected chi connectivity index (χ1v) is 9.42. The molecule has 27 heavy (non-hydrogen) atoms. The normalized spacial score (nSPS) is 19.3. The van der Waals surface area contributed by atoms with Crippen molar-refractivity contribution >= 4 is 17.3 Å². The van der Waals surface area contributed by atoms with E-state index in [0.29, 0.717) is 10.9 Å². The van der Waals surface area contributed by atoms with Gasteiger partial charge in [0.2, 0.25) is 0 Å². The number of thiocarbonyl (C=S) groups is 1. The molecule has 1 aromatic carbocycles. The van der Waals surface area contributed by atoms with E-state index in [4.69, 9.17) is 16.6 Å². The molecule has 3 heterocycles. The number of hydrogen-bond acceptors (Lipinski definition) is 3. The standard InChI is InChI=1S/C21H20FN3OS/c1-2-13-25-20(19(24-21(25)27)16-5-3-4-12-23-16)18-11-10-17(26-18)14-6-8-15(22)9-7-14/h3-12,19-20H,2,13H2,1H3,(H,24,27). The van der Waals surface area contributed by atoms with Gasteiger partial charge in [-0.2, -0.15) is 0 Å². The van der Waals surface area contributed by atoms with E-state index in [0.717, 1.165) is 30.0 Å². The number of halogens is 1. The highest BCUT2D eigenvalue weighted by molar-refractivity contribution is 7.80. The van der Waals surface area contributed by atoms with E-state index in [2.05, 4.69) is 22.1 Å². The van der Waals surface area contributed by atoms with Crippen LogP contribution in [0.15, 0.2) is 65.2 Å². The van der Waals surface area contributed by atoms with Crippen molar-refractivity contribution in [1.29, 1.82) is 0 Å². The molecule has 0 spiro atoms. The van der Waals surface area contributed by atoms with Crippen molar-refractivity contribution in [1.82, 2.24) is 15.2 Å². The van der Waals surface area contributed by atoms with E-state index in [9.17, 15) is 4.39 Å². The monoisotopic (exact) mass is 381 g/mol. The zero-order valence-corrected chi connectivity index (χ0v) is 15.7. The number of nitrogens with zero attached hydrogens (tertiary/aromatic N) is 2. The summed E-state index contributed by atoms with van der Waals surface area (Å²) in [6.07, 6.45) is 2.75. The second-order valence-electron chi connectivity index (χ2n) is 6.53. The molecule has 0 bridgehead atoms. The summed E-state index contributed by atoms with van der Waals surface area (Å²) in [5, 5.41) is 4.10. The van der Waals surface area contributed by atoms with Crippen molar-refractivity contribution < 1.29 is 8.81 Å². The topological polar surface area (TPSA) is 41.3 Å². The number of aromatic nitrogens is 1. The number of nitrogens with one attached hydrogen (secondary N) is 1. The van der Waals surface area contributed by atoms with E-state index in [1.807, 2.05) is 30.3 Å². The van der Waals surface area contributed by atoms with Gasteiger partial charge in [0.25, 0.3) is 0 Å². The van der Waals surface area contributed by atoms with Crippen molar-refractivity contribution in [2.24, 2.45) is 0 Å². The van der Waals surface area contributed by atoms with E-state index >= 15 is 0 Å². The van der Waals surface area contributed by atoms with Gasteiger partial charge in [0.1, 0.15) is 23.4 Å². The summed E-state index contributed by atoms with van der Waals surface area (Å²) in [6, 6.07) is 15.9. The van der Waals surface area contributed by atoms with Crippen molar-refractivity contribution in [3.05, 3.63) is 78.1 Å². The predicted octanol–water partition coefficient (Wildman–Crippen LogP) is 4.86. The van der Waals surface area contributed by atoms with Gasteiger partial charge in [-0.15, -0.1) is 0 Å². The van der Waals surface area contributed by atoms with E-state index < -0.39 is 0 Å². The van der Waals surface area contributed by atoms with Crippen LogP contribution in [0.1, 0.15) is 36.9 Å². The molecule has 1 aliphatic heterocycles. The third-order valence-electron chi connectivity index (χ3n) is 4.71. The molecule has 4 rings (SSSR count). The summed E-state index contributed by atoms with van der Waals surface area (Å²) in [5.41, 5.74) is 1.76. The molecule has 2 aromatic heterocycles. The zero-order chi connectivity index (χ0) is 18.8. The second-order valence-corrected chi connectivity index (χ2v) is 6.92. The first kappa shape index (κ1) is 17.7. The van der Waals surface area contributed by atoms with Crippen LogP contribution in [0.4, 0.5) is 4.39 Å². The SMILES string of the molecule is CCCN1C(=S)NC(c2ccccn2)C1c1ccc(-c2ccc(F)cc2)o1. The minimum atomic E-state index is -0.264. The fraction of sp³-hybridized carbons (Fsp3) is 0.238. The van der Waals surface area contributed by atoms with Gasteiger partial charge in [0, 0.05) is 18.3 Å². The van der Waals surface area contributed by atoms with Gasteiger partial charge in [-0.1, -0.05) is 13.0 Å². The van der Waals surface area contributed by atoms with Gasteiger partial charge in [-0.25, -0.2) is 4.39 Å². The molecular formula is C21H20FN3OS. The Hall–Kier alpha value is -2.73. The minimum Gasteiger partial charge on any atom is -0.459 e. The second kappa shape index (κ2) is 7.48. The summed E-state index contributed by atoms with van der Waals surface area (Å²) in [6.45, 7) is 2.95. The molecular weight excluding hydrogens is 361 g/mol. The molecule has 1 N–H and O–H groups in total. The minimum absolute atomic E-state index is 0.0819. The van der Waals surface area contributed by atoms with Gasteiger partial charge < -0.3 is 14.6 Å². The van der Waals surface area contributed by atoms with Crippen LogP contribution in [0.2, 0.25) is 0 Å². The van der Waals surface area contributed by atoms with Crippen molar-refractivity contribution in [3.63, 3.8) is 0 Å². The highest BCUT2D eigenvalue weighted by Crippen LogP contribution is 2.40. The van der Waals surface area contributed by atoms with Crippen LogP contribution in [0.25, 0.3) is 11.3 Å². The van der Waals surface area contributed by atoms with E-state index in [-0.39, 0.29) is 17.9 Å². The first-order chi connectivity index (χ1) is 13.2. The van der Waals surface area contributed by atoms with Crippen LogP contribution in [-0.4, -0.2) is 21.5 Å². The summed E-state index contributed by atoms with van der Waals surface area (Å²) in [7, 11) is 0. The Morgan fingerprint density at radius 3 is 2.67 bits per heavy atom. The van der Waals surface area contributed by atoms with Crippen molar-refractivity contribution in [2.75, 3.05) is 6.54 Å². The van der Waals surface area contributed by atoms with Crippen molar-refractivity contribution in [2.45, 2.75) is 25.4 Å². The van der Waals surface area contributed by atoms with Gasteiger partial charge >= 0.3 is 0 Å². The van der Waals surface area contributed by atoms with Crippen LogP contribution in [-0.2, 0) is 0 Å². The lowest BCUT2D eigenvalue weighted by Gasteiger charge is -2.25. The maximum absolute atomic E-state index is 13.2. The lowest BCUT2D eigenvalue weighted by atomic mass is 10.0. The third kappa shape index (κ3) is 3.45. The Balaban J connectivity index is 1.71. The number of pyridine rings is 1. The Kier molecular flexibility index (Phi) is 4.90. The molecule has 138 valence electrons. The molecule has 1 saturated heterocycles. The number of rotatable bonds is 5. The average Bonchev–Trinajstić information content (AvgIpc) is 3.29. The molecule has 0 radical (unpaired) electrons. The third-order valence-corrected chi connectivity index (χ3v) is 5.06. The van der Waals surface area contributed by atoms with Crippen LogP contribution < -0.4 is 5.32 Å². The summed E-state index contributed by atoms with van der Waals surface area (Å²) in [4.78, 5) is 6.66. The molecule has 0 saturated carbocycles. The molecule has 2 unspecified atom stereocenters. The number of benzene rings is 1. The number of hydrogen-bond donors (Lipinski definition) is 1. The van der Waals surface area contributed by atoms with Crippen LogP contribution >= 0.6 is 12.2 Å². The Labute approximate surface area is 163 Å². The molecule has 1 aliphatic rings. The Bertz CT molecular complexity index is 926. The van der Waals surface area contributed by atoms with E-state index in [1.54, 1.807) is 18.3 Å². The summed E-state index contributed by atoms with van der Waals surface area (Å²) < 4.78 is 19.4. The fourth-order valence-electron chi connectivity index (χ4n) is 3.48. The average molecular weight is 381 g/mol. The molecule has 0 aliphatic carbocycles. The highest BCUT2D eigenvalue weighted by atomic mass is 32.1. The molecule has 0 amide bonds. The van der Waals surface area contributed by atoms with Gasteiger partial charge in [0.05, 0.1) is 11.7 Å². The molecule has 2 atom stereocenters. The fourth-order valence-corrected chi connectivity index (χ4v) is 3.81. The van der Waals surface area contributed by atoms with Crippen LogP contribution in [0.5, 0.6) is 0 Å². The number of furan rings is 1. The quantitative estimate of drug-likeness (QED) is 0.639. The molecule has 3 aromatic rings. The Morgan fingerprint density at radius 2 is 1.96 bits per heavy atom. The van der Waals surface area contributed by atoms with Gasteiger partial charge in [-0.05, 0) is 67.2 Å². The molecule has 6 heteroatoms. The Morgan fingerprint density at radius 1 is 1.15 bits per heavy atom. The molecule has 4 nitrogen and oxygen atoms in total. The van der Waals surface area contributed by atoms with Gasteiger partial charge in [0.15, 0.2) is 5.11 Å².